The molecule has 6 nitrogen and oxygen atoms in total. The van der Waals surface area contributed by atoms with E-state index < -0.39 is 16.9 Å². The van der Waals surface area contributed by atoms with E-state index in [4.69, 9.17) is 0 Å². The molecule has 0 unspecified atom stereocenters. The molecule has 0 aliphatic heterocycles. The number of H-pyrrole nitrogens is 2. The number of hydrogen-bond donors (Lipinski definition) is 2. The lowest BCUT2D eigenvalue weighted by Gasteiger charge is -1.91. The van der Waals surface area contributed by atoms with Gasteiger partial charge in [0.1, 0.15) is 0 Å². The molecule has 2 heterocycles. The molecule has 6 heteroatoms. The van der Waals surface area contributed by atoms with Crippen LogP contribution >= 0.6 is 0 Å². The lowest BCUT2D eigenvalue weighted by Crippen LogP contribution is -2.22. The molecule has 0 aromatic carbocycles. The molecule has 0 radical (unpaired) electrons. The van der Waals surface area contributed by atoms with E-state index in [1.54, 1.807) is 0 Å². The first-order valence-electron chi connectivity index (χ1n) is 3.43. The quantitative estimate of drug-likeness (QED) is 0.553. The van der Waals surface area contributed by atoms with Crippen LogP contribution in [-0.4, -0.2) is 9.97 Å². The van der Waals surface area contributed by atoms with Crippen molar-refractivity contribution in [3.8, 4) is 0 Å². The Morgan fingerprint density at radius 1 is 1.08 bits per heavy atom. The van der Waals surface area contributed by atoms with Gasteiger partial charge in [0.05, 0.1) is 5.52 Å². The van der Waals surface area contributed by atoms with Crippen LogP contribution in [0.5, 0.6) is 0 Å². The van der Waals surface area contributed by atoms with Gasteiger partial charge in [0, 0.05) is 6.07 Å². The smallest absolute Gasteiger partial charge is 0.336 e. The monoisotopic (exact) mass is 180 g/mol. The van der Waals surface area contributed by atoms with Gasteiger partial charge in [-0.25, -0.2) is 9.59 Å². The maximum Gasteiger partial charge on any atom is 0.336 e. The third kappa shape index (κ3) is 1.18. The van der Waals surface area contributed by atoms with Crippen LogP contribution in [-0.2, 0) is 0 Å². The van der Waals surface area contributed by atoms with Gasteiger partial charge in [-0.05, 0) is 6.07 Å². The first-order chi connectivity index (χ1) is 6.16. The van der Waals surface area contributed by atoms with Gasteiger partial charge < -0.3 is 9.40 Å². The molecule has 0 aliphatic rings. The van der Waals surface area contributed by atoms with Gasteiger partial charge in [-0.3, -0.25) is 9.78 Å². The number of fused-ring (bicyclic) bond motifs is 1. The summed E-state index contributed by atoms with van der Waals surface area (Å²) in [6, 6.07) is 2.44. The summed E-state index contributed by atoms with van der Waals surface area (Å²) < 4.78 is 4.58. The molecule has 2 rings (SSSR count). The topological polar surface area (TPSA) is 95.9 Å². The molecule has 0 saturated carbocycles. The van der Waals surface area contributed by atoms with E-state index in [1.165, 1.54) is 6.07 Å². The van der Waals surface area contributed by atoms with E-state index in [2.05, 4.69) is 9.40 Å². The Kier molecular flexibility index (Phi) is 1.42. The van der Waals surface area contributed by atoms with E-state index >= 15 is 0 Å². The fourth-order valence-electron chi connectivity index (χ4n) is 0.997. The van der Waals surface area contributed by atoms with Gasteiger partial charge in [-0.1, -0.05) is 0 Å². The highest BCUT2D eigenvalue weighted by Crippen LogP contribution is 1.97. The van der Waals surface area contributed by atoms with Crippen molar-refractivity contribution in [3.05, 3.63) is 43.4 Å². The van der Waals surface area contributed by atoms with Gasteiger partial charge in [0.2, 0.25) is 5.58 Å². The third-order valence-corrected chi connectivity index (χ3v) is 1.51. The molecule has 0 spiro atoms. The Hall–Kier alpha value is -2.11. The van der Waals surface area contributed by atoms with Crippen molar-refractivity contribution in [2.45, 2.75) is 0 Å². The molecule has 0 bridgehead atoms. The average molecular weight is 180 g/mol. The second-order valence-corrected chi connectivity index (χ2v) is 2.41. The summed E-state index contributed by atoms with van der Waals surface area (Å²) in [5.74, 6) is 0. The molecule has 0 fully saturated rings. The SMILES string of the molecule is O=c1[nH]c(=O)c2oc(=O)ccc2[nH]1. The lowest BCUT2D eigenvalue weighted by atomic mass is 10.4. The summed E-state index contributed by atoms with van der Waals surface area (Å²) in [5, 5.41) is 0. The van der Waals surface area contributed by atoms with Gasteiger partial charge in [-0.2, -0.15) is 0 Å². The number of hydrogen-bond acceptors (Lipinski definition) is 4. The summed E-state index contributed by atoms with van der Waals surface area (Å²) in [6.07, 6.45) is 0. The zero-order valence-electron chi connectivity index (χ0n) is 6.29. The molecular formula is C7H4N2O4. The minimum absolute atomic E-state index is 0.174. The first-order valence-corrected chi connectivity index (χ1v) is 3.43. The molecule has 2 N–H and O–H groups in total. The van der Waals surface area contributed by atoms with Crippen molar-refractivity contribution < 1.29 is 4.42 Å². The summed E-state index contributed by atoms with van der Waals surface area (Å²) in [6.45, 7) is 0. The molecule has 0 saturated heterocycles. The highest BCUT2D eigenvalue weighted by Gasteiger charge is 2.02. The van der Waals surface area contributed by atoms with Gasteiger partial charge in [0.25, 0.3) is 5.56 Å². The minimum Gasteiger partial charge on any atom is -0.415 e. The van der Waals surface area contributed by atoms with Crippen molar-refractivity contribution in [1.29, 1.82) is 0 Å². The average Bonchev–Trinajstić information content (AvgIpc) is 2.06. The van der Waals surface area contributed by atoms with Crippen LogP contribution in [0.25, 0.3) is 11.1 Å². The predicted molar refractivity (Wildman–Crippen MR) is 43.7 cm³/mol. The van der Waals surface area contributed by atoms with E-state index in [1.807, 2.05) is 4.98 Å². The minimum atomic E-state index is -0.712. The van der Waals surface area contributed by atoms with Crippen LogP contribution < -0.4 is 16.9 Å². The van der Waals surface area contributed by atoms with E-state index in [0.29, 0.717) is 0 Å². The van der Waals surface area contributed by atoms with Crippen molar-refractivity contribution in [3.63, 3.8) is 0 Å². The second-order valence-electron chi connectivity index (χ2n) is 2.41. The van der Waals surface area contributed by atoms with Gasteiger partial charge in [-0.15, -0.1) is 0 Å². The number of rotatable bonds is 0. The van der Waals surface area contributed by atoms with Crippen LogP contribution in [0, 0.1) is 0 Å². The molecule has 0 amide bonds. The maximum absolute atomic E-state index is 11.0. The van der Waals surface area contributed by atoms with Crippen LogP contribution in [0.15, 0.2) is 30.9 Å². The van der Waals surface area contributed by atoms with E-state index in [-0.39, 0.29) is 11.1 Å². The number of nitrogens with one attached hydrogen (secondary N) is 2. The molecule has 13 heavy (non-hydrogen) atoms. The Morgan fingerprint density at radius 3 is 2.62 bits per heavy atom. The first kappa shape index (κ1) is 7.53. The van der Waals surface area contributed by atoms with Crippen LogP contribution in [0.2, 0.25) is 0 Å². The third-order valence-electron chi connectivity index (χ3n) is 1.51. The predicted octanol–water partition coefficient (Wildman–Crippen LogP) is -0.830. The molecule has 2 aromatic rings. The van der Waals surface area contributed by atoms with Crippen LogP contribution in [0.3, 0.4) is 0 Å². The normalized spacial score (nSPS) is 10.5. The van der Waals surface area contributed by atoms with Crippen molar-refractivity contribution >= 4 is 11.1 Å². The Labute approximate surface area is 69.8 Å². The highest BCUT2D eigenvalue weighted by molar-refractivity contribution is 5.69. The van der Waals surface area contributed by atoms with Gasteiger partial charge >= 0.3 is 11.3 Å². The standard InChI is InChI=1S/C7H4N2O4/c10-4-2-1-3-5(13-4)6(11)9-7(12)8-3/h1-2H,(H2,8,9,11,12). The van der Waals surface area contributed by atoms with E-state index in [0.717, 1.165) is 6.07 Å². The fourth-order valence-corrected chi connectivity index (χ4v) is 0.997. The summed E-state index contributed by atoms with van der Waals surface area (Å²) in [4.78, 5) is 36.8. The Balaban J connectivity index is 3.12. The van der Waals surface area contributed by atoms with Crippen LogP contribution in [0.1, 0.15) is 0 Å². The lowest BCUT2D eigenvalue weighted by molar-refractivity contribution is 0.554. The van der Waals surface area contributed by atoms with Crippen molar-refractivity contribution in [2.75, 3.05) is 0 Å². The van der Waals surface area contributed by atoms with E-state index in [9.17, 15) is 14.4 Å². The summed E-state index contributed by atoms with van der Waals surface area (Å²) >= 11 is 0. The van der Waals surface area contributed by atoms with Crippen molar-refractivity contribution in [2.24, 2.45) is 0 Å². The number of aromatic nitrogens is 2. The fraction of sp³-hybridized carbons (Fsp3) is 0. The zero-order valence-corrected chi connectivity index (χ0v) is 6.29. The van der Waals surface area contributed by atoms with Crippen LogP contribution in [0.4, 0.5) is 0 Å². The zero-order chi connectivity index (χ0) is 9.42. The molecule has 0 aliphatic carbocycles. The summed E-state index contributed by atoms with van der Waals surface area (Å²) in [7, 11) is 0. The largest absolute Gasteiger partial charge is 0.415 e. The summed E-state index contributed by atoms with van der Waals surface area (Å²) in [5.41, 5.74) is -1.95. The molecule has 2 aromatic heterocycles. The maximum atomic E-state index is 11.0. The molecule has 0 atom stereocenters. The molecular weight excluding hydrogens is 176 g/mol. The Morgan fingerprint density at radius 2 is 1.85 bits per heavy atom. The second kappa shape index (κ2) is 2.44. The van der Waals surface area contributed by atoms with Crippen molar-refractivity contribution in [1.82, 2.24) is 9.97 Å². The van der Waals surface area contributed by atoms with Gasteiger partial charge in [0.15, 0.2) is 0 Å². The Bertz CT molecular complexity index is 618. The number of aromatic amines is 2. The molecule has 66 valence electrons. The highest BCUT2D eigenvalue weighted by atomic mass is 16.4.